The van der Waals surface area contributed by atoms with Gasteiger partial charge in [0, 0.05) is 42.0 Å². The van der Waals surface area contributed by atoms with E-state index >= 15 is 0 Å². The number of pyridine rings is 1. The van der Waals surface area contributed by atoms with Crippen LogP contribution in [-0.4, -0.2) is 50.7 Å². The highest BCUT2D eigenvalue weighted by Crippen LogP contribution is 2.31. The second-order valence-electron chi connectivity index (χ2n) is 9.68. The lowest BCUT2D eigenvalue weighted by Gasteiger charge is -2.23. The maximum atomic E-state index is 14.1. The molecule has 0 aliphatic carbocycles. The molecule has 1 atom stereocenters. The van der Waals surface area contributed by atoms with Crippen LogP contribution in [0.5, 0.6) is 5.75 Å². The van der Waals surface area contributed by atoms with Crippen molar-refractivity contribution in [3.63, 3.8) is 0 Å². The molecule has 0 bridgehead atoms. The Labute approximate surface area is 215 Å². The zero-order chi connectivity index (χ0) is 25.4. The van der Waals surface area contributed by atoms with Crippen LogP contribution in [0.1, 0.15) is 29.8 Å². The molecule has 1 fully saturated rings. The van der Waals surface area contributed by atoms with Gasteiger partial charge in [-0.15, -0.1) is 0 Å². The van der Waals surface area contributed by atoms with Gasteiger partial charge in [-0.1, -0.05) is 23.7 Å². The Balaban J connectivity index is 1.73. The van der Waals surface area contributed by atoms with Crippen LogP contribution in [0, 0.1) is 13.8 Å². The van der Waals surface area contributed by atoms with E-state index in [1.54, 1.807) is 42.0 Å². The molecule has 3 heterocycles. The fourth-order valence-corrected chi connectivity index (χ4v) is 5.46. The fourth-order valence-electron chi connectivity index (χ4n) is 5.17. The number of halogens is 1. The van der Waals surface area contributed by atoms with Crippen molar-refractivity contribution in [2.24, 2.45) is 0 Å². The van der Waals surface area contributed by atoms with Crippen LogP contribution in [0.15, 0.2) is 53.5 Å². The Morgan fingerprint density at radius 3 is 2.78 bits per heavy atom. The minimum absolute atomic E-state index is 0.0872. The van der Waals surface area contributed by atoms with Crippen LogP contribution in [-0.2, 0) is 6.54 Å². The summed E-state index contributed by atoms with van der Waals surface area (Å²) >= 11 is 6.42. The van der Waals surface area contributed by atoms with E-state index < -0.39 is 0 Å². The Hall–Kier alpha value is -3.26. The summed E-state index contributed by atoms with van der Waals surface area (Å²) < 4.78 is 1.54. The molecule has 0 spiro atoms. The molecule has 5 rings (SSSR count). The minimum Gasteiger partial charge on any atom is -0.508 e. The lowest BCUT2D eigenvalue weighted by atomic mass is 9.97. The second-order valence-corrected chi connectivity index (χ2v) is 10.1. The molecule has 1 saturated heterocycles. The van der Waals surface area contributed by atoms with Gasteiger partial charge in [-0.25, -0.2) is 9.97 Å². The third-order valence-corrected chi connectivity index (χ3v) is 6.96. The topological polar surface area (TPSA) is 83.3 Å². The van der Waals surface area contributed by atoms with E-state index in [2.05, 4.69) is 28.3 Å². The van der Waals surface area contributed by atoms with E-state index in [0.717, 1.165) is 41.8 Å². The van der Waals surface area contributed by atoms with Gasteiger partial charge < -0.3 is 15.3 Å². The zero-order valence-corrected chi connectivity index (χ0v) is 21.5. The number of likely N-dealkylation sites (N-methyl/N-ethyl adjacent to an activating group) is 1. The number of nitrogens with one attached hydrogen (secondary N) is 1. The molecule has 1 aliphatic heterocycles. The van der Waals surface area contributed by atoms with E-state index in [4.69, 9.17) is 16.6 Å². The molecule has 0 saturated carbocycles. The van der Waals surface area contributed by atoms with Crippen LogP contribution in [0.2, 0.25) is 5.02 Å². The lowest BCUT2D eigenvalue weighted by Crippen LogP contribution is -2.35. The average Bonchev–Trinajstić information content (AvgIpc) is 3.31. The van der Waals surface area contributed by atoms with Crippen LogP contribution in [0.3, 0.4) is 0 Å². The SMILES string of the molecule is Cc1cc(Cl)cc(-c2cnc3nc(C)n(-c4cccc(O)c4)c(=O)c3c2CN(C)C[C@@H]2CCCN2)c1. The number of hydrogen-bond acceptors (Lipinski definition) is 6. The highest BCUT2D eigenvalue weighted by molar-refractivity contribution is 6.31. The molecule has 4 aromatic rings. The highest BCUT2D eigenvalue weighted by Gasteiger charge is 2.22. The molecular weight excluding hydrogens is 474 g/mol. The largest absolute Gasteiger partial charge is 0.508 e. The van der Waals surface area contributed by atoms with Crippen LogP contribution in [0.25, 0.3) is 27.8 Å². The number of fused-ring (bicyclic) bond motifs is 1. The first-order chi connectivity index (χ1) is 17.3. The maximum Gasteiger partial charge on any atom is 0.267 e. The number of aromatic hydroxyl groups is 1. The fraction of sp³-hybridized carbons (Fsp3) is 0.321. The molecular formula is C28H30ClN5O2. The first-order valence-electron chi connectivity index (χ1n) is 12.2. The number of nitrogens with zero attached hydrogens (tertiary/aromatic N) is 4. The van der Waals surface area contributed by atoms with Gasteiger partial charge in [0.25, 0.3) is 5.56 Å². The summed E-state index contributed by atoms with van der Waals surface area (Å²) in [5.74, 6) is 0.593. The lowest BCUT2D eigenvalue weighted by molar-refractivity contribution is 0.294. The molecule has 0 radical (unpaired) electrons. The Kier molecular flexibility index (Phi) is 6.79. The third-order valence-electron chi connectivity index (χ3n) is 6.74. The van der Waals surface area contributed by atoms with Gasteiger partial charge in [0.15, 0.2) is 5.65 Å². The van der Waals surface area contributed by atoms with Crippen LogP contribution >= 0.6 is 11.6 Å². The summed E-state index contributed by atoms with van der Waals surface area (Å²) in [6.07, 6.45) is 4.13. The first kappa shape index (κ1) is 24.4. The van der Waals surface area contributed by atoms with Crippen molar-refractivity contribution in [1.29, 1.82) is 0 Å². The van der Waals surface area contributed by atoms with E-state index in [0.29, 0.717) is 40.2 Å². The molecule has 0 unspecified atom stereocenters. The van der Waals surface area contributed by atoms with Gasteiger partial charge in [0.05, 0.1) is 11.1 Å². The summed E-state index contributed by atoms with van der Waals surface area (Å²) in [6.45, 7) is 6.25. The van der Waals surface area contributed by atoms with Crippen molar-refractivity contribution in [2.75, 3.05) is 20.1 Å². The van der Waals surface area contributed by atoms with Gasteiger partial charge >= 0.3 is 0 Å². The smallest absolute Gasteiger partial charge is 0.267 e. The number of aryl methyl sites for hydroxylation is 2. The number of rotatable bonds is 6. The number of aromatic nitrogens is 3. The van der Waals surface area contributed by atoms with E-state index in [-0.39, 0.29) is 11.3 Å². The highest BCUT2D eigenvalue weighted by atomic mass is 35.5. The van der Waals surface area contributed by atoms with Gasteiger partial charge in [-0.05, 0) is 81.2 Å². The molecule has 0 amide bonds. The molecule has 186 valence electrons. The second kappa shape index (κ2) is 10.0. The summed E-state index contributed by atoms with van der Waals surface area (Å²) in [6, 6.07) is 13.0. The van der Waals surface area contributed by atoms with Crippen LogP contribution < -0.4 is 10.9 Å². The van der Waals surface area contributed by atoms with Gasteiger partial charge in [0.2, 0.25) is 0 Å². The Morgan fingerprint density at radius 2 is 2.06 bits per heavy atom. The van der Waals surface area contributed by atoms with Crippen molar-refractivity contribution in [3.8, 4) is 22.6 Å². The Bertz CT molecular complexity index is 1470. The standard InChI is InChI=1S/C28H30ClN5O2/c1-17-10-19(12-20(29)11-17)24-14-31-27-26(25(24)16-33(3)15-21-6-5-9-30-21)28(36)34(18(2)32-27)22-7-4-8-23(35)13-22/h4,7-8,10-14,21,30,35H,5-6,9,15-16H2,1-3H3/t21-/m0/s1. The van der Waals surface area contributed by atoms with E-state index in [9.17, 15) is 9.90 Å². The molecule has 36 heavy (non-hydrogen) atoms. The quantitative estimate of drug-likeness (QED) is 0.400. The Morgan fingerprint density at radius 1 is 1.22 bits per heavy atom. The summed E-state index contributed by atoms with van der Waals surface area (Å²) in [7, 11) is 2.08. The molecule has 1 aliphatic rings. The van der Waals surface area contributed by atoms with Crippen molar-refractivity contribution >= 4 is 22.6 Å². The summed E-state index contributed by atoms with van der Waals surface area (Å²) in [5, 5.41) is 14.7. The summed E-state index contributed by atoms with van der Waals surface area (Å²) in [5.41, 5.74) is 4.45. The molecule has 2 N–H and O–H groups in total. The zero-order valence-electron chi connectivity index (χ0n) is 20.8. The van der Waals surface area contributed by atoms with Gasteiger partial charge in [0.1, 0.15) is 11.6 Å². The number of phenolic OH excluding ortho intramolecular Hbond substituents is 1. The number of phenols is 1. The average molecular weight is 504 g/mol. The van der Waals surface area contributed by atoms with Crippen molar-refractivity contribution < 1.29 is 5.11 Å². The molecule has 8 heteroatoms. The molecule has 7 nitrogen and oxygen atoms in total. The van der Waals surface area contributed by atoms with E-state index in [1.165, 1.54) is 6.42 Å². The predicted molar refractivity (Wildman–Crippen MR) is 144 cm³/mol. The minimum atomic E-state index is -0.210. The number of benzene rings is 2. The third kappa shape index (κ3) is 4.87. The molecule has 2 aromatic heterocycles. The normalized spacial score (nSPS) is 15.8. The summed E-state index contributed by atoms with van der Waals surface area (Å²) in [4.78, 5) is 25.6. The van der Waals surface area contributed by atoms with Crippen molar-refractivity contribution in [1.82, 2.24) is 24.8 Å². The predicted octanol–water partition coefficient (Wildman–Crippen LogP) is 4.61. The van der Waals surface area contributed by atoms with Gasteiger partial charge in [-0.3, -0.25) is 9.36 Å². The first-order valence-corrected chi connectivity index (χ1v) is 12.6. The molecule has 2 aromatic carbocycles. The van der Waals surface area contributed by atoms with Crippen LogP contribution in [0.4, 0.5) is 0 Å². The van der Waals surface area contributed by atoms with Crippen molar-refractivity contribution in [3.05, 3.63) is 81.0 Å². The van der Waals surface area contributed by atoms with Crippen molar-refractivity contribution in [2.45, 2.75) is 39.3 Å². The van der Waals surface area contributed by atoms with E-state index in [1.807, 2.05) is 19.1 Å². The maximum absolute atomic E-state index is 14.1. The number of hydrogen-bond donors (Lipinski definition) is 2. The monoisotopic (exact) mass is 503 g/mol. The van der Waals surface area contributed by atoms with Gasteiger partial charge in [-0.2, -0.15) is 0 Å².